The van der Waals surface area contributed by atoms with Gasteiger partial charge in [0.1, 0.15) is 5.82 Å². The van der Waals surface area contributed by atoms with E-state index in [2.05, 4.69) is 23.8 Å². The lowest BCUT2D eigenvalue weighted by atomic mass is 9.81. The molecule has 3 atom stereocenters. The number of nitrogens with two attached hydrogens (primary N) is 1. The van der Waals surface area contributed by atoms with Gasteiger partial charge in [0.05, 0.1) is 0 Å². The van der Waals surface area contributed by atoms with E-state index < -0.39 is 0 Å². The Balaban J connectivity index is 2.01. The summed E-state index contributed by atoms with van der Waals surface area (Å²) in [7, 11) is 0. The number of thioether (sulfide) groups is 1. The van der Waals surface area contributed by atoms with E-state index in [-0.39, 0.29) is 0 Å². The summed E-state index contributed by atoms with van der Waals surface area (Å²) in [6.45, 7) is 6.67. The molecule has 2 N–H and O–H groups in total. The van der Waals surface area contributed by atoms with Crippen molar-refractivity contribution in [2.24, 2.45) is 11.8 Å². The highest BCUT2D eigenvalue weighted by atomic mass is 32.2. The highest BCUT2D eigenvalue weighted by molar-refractivity contribution is 7.99. The van der Waals surface area contributed by atoms with Crippen LogP contribution < -0.4 is 5.73 Å². The zero-order chi connectivity index (χ0) is 12.4. The van der Waals surface area contributed by atoms with Gasteiger partial charge in [0, 0.05) is 17.0 Å². The molecule has 0 radical (unpaired) electrons. The molecule has 3 nitrogen and oxygen atoms in total. The summed E-state index contributed by atoms with van der Waals surface area (Å²) in [6.07, 6.45) is 3.86. The third-order valence-electron chi connectivity index (χ3n) is 3.68. The van der Waals surface area contributed by atoms with Crippen molar-refractivity contribution in [2.45, 2.75) is 50.4 Å². The summed E-state index contributed by atoms with van der Waals surface area (Å²) >= 11 is 1.80. The number of nitrogens with zero attached hydrogens (tertiary/aromatic N) is 2. The lowest BCUT2D eigenvalue weighted by Crippen LogP contribution is -2.22. The van der Waals surface area contributed by atoms with Crippen molar-refractivity contribution in [3.8, 4) is 0 Å². The fourth-order valence-corrected chi connectivity index (χ4v) is 3.68. The van der Waals surface area contributed by atoms with Crippen molar-refractivity contribution in [3.05, 3.63) is 11.8 Å². The van der Waals surface area contributed by atoms with E-state index in [1.54, 1.807) is 11.8 Å². The van der Waals surface area contributed by atoms with Crippen molar-refractivity contribution >= 4 is 17.6 Å². The number of hydrogen-bond acceptors (Lipinski definition) is 4. The van der Waals surface area contributed by atoms with E-state index >= 15 is 0 Å². The second-order valence-corrected chi connectivity index (χ2v) is 6.49. The van der Waals surface area contributed by atoms with E-state index in [1.165, 1.54) is 19.3 Å². The first-order valence-electron chi connectivity index (χ1n) is 6.32. The lowest BCUT2D eigenvalue weighted by molar-refractivity contribution is 0.283. The minimum atomic E-state index is 0.581. The number of rotatable bonds is 2. The van der Waals surface area contributed by atoms with Crippen LogP contribution in [0.5, 0.6) is 0 Å². The molecule has 1 aliphatic carbocycles. The number of anilines is 1. The van der Waals surface area contributed by atoms with Gasteiger partial charge in [-0.05, 0) is 38.0 Å². The van der Waals surface area contributed by atoms with Gasteiger partial charge < -0.3 is 5.73 Å². The van der Waals surface area contributed by atoms with Crippen molar-refractivity contribution in [1.82, 2.24) is 9.97 Å². The average molecular weight is 251 g/mol. The van der Waals surface area contributed by atoms with Crippen LogP contribution in [0.3, 0.4) is 0 Å². The number of aryl methyl sites for hydroxylation is 1. The molecule has 1 heterocycles. The van der Waals surface area contributed by atoms with E-state index in [9.17, 15) is 0 Å². The average Bonchev–Trinajstić information content (AvgIpc) is 2.22. The predicted octanol–water partition coefficient (Wildman–Crippen LogP) is 3.28. The Hall–Kier alpha value is -0.770. The van der Waals surface area contributed by atoms with Gasteiger partial charge >= 0.3 is 0 Å². The van der Waals surface area contributed by atoms with Crippen LogP contribution in [0.4, 0.5) is 5.82 Å². The smallest absolute Gasteiger partial charge is 0.189 e. The molecule has 4 heteroatoms. The second kappa shape index (κ2) is 5.25. The molecule has 3 unspecified atom stereocenters. The zero-order valence-corrected chi connectivity index (χ0v) is 11.6. The quantitative estimate of drug-likeness (QED) is 0.820. The Kier molecular flexibility index (Phi) is 3.92. The largest absolute Gasteiger partial charge is 0.384 e. The molecule has 1 fully saturated rings. The molecular weight excluding hydrogens is 230 g/mol. The third-order valence-corrected chi connectivity index (χ3v) is 4.83. The molecule has 1 aromatic rings. The van der Waals surface area contributed by atoms with Crippen LogP contribution in [0.2, 0.25) is 0 Å². The third kappa shape index (κ3) is 3.35. The fraction of sp³-hybridized carbons (Fsp3) is 0.692. The Morgan fingerprint density at radius 3 is 2.65 bits per heavy atom. The minimum Gasteiger partial charge on any atom is -0.384 e. The Morgan fingerprint density at radius 2 is 2.00 bits per heavy atom. The maximum absolute atomic E-state index is 5.75. The molecule has 2 rings (SSSR count). The number of nitrogen functional groups attached to an aromatic ring is 1. The summed E-state index contributed by atoms with van der Waals surface area (Å²) in [6, 6.07) is 1.82. The van der Waals surface area contributed by atoms with E-state index in [0.29, 0.717) is 11.1 Å². The highest BCUT2D eigenvalue weighted by Crippen LogP contribution is 2.37. The monoisotopic (exact) mass is 251 g/mol. The summed E-state index contributed by atoms with van der Waals surface area (Å²) in [4.78, 5) is 8.75. The zero-order valence-electron chi connectivity index (χ0n) is 10.8. The van der Waals surface area contributed by atoms with Gasteiger partial charge in [-0.1, -0.05) is 25.6 Å². The second-order valence-electron chi connectivity index (χ2n) is 5.22. The maximum atomic E-state index is 5.75. The van der Waals surface area contributed by atoms with Crippen LogP contribution in [0.1, 0.15) is 38.8 Å². The summed E-state index contributed by atoms with van der Waals surface area (Å²) < 4.78 is 0. The van der Waals surface area contributed by atoms with Gasteiger partial charge in [-0.3, -0.25) is 0 Å². The van der Waals surface area contributed by atoms with E-state index in [0.717, 1.165) is 22.7 Å². The molecular formula is C13H21N3S. The lowest BCUT2D eigenvalue weighted by Gasteiger charge is -2.31. The SMILES string of the molecule is Cc1cc(N)nc(SC2CCC(C)C(C)C2)n1. The van der Waals surface area contributed by atoms with Crippen LogP contribution in [0.25, 0.3) is 0 Å². The van der Waals surface area contributed by atoms with Gasteiger partial charge in [0.2, 0.25) is 0 Å². The van der Waals surface area contributed by atoms with Crippen molar-refractivity contribution in [2.75, 3.05) is 5.73 Å². The first-order valence-corrected chi connectivity index (χ1v) is 7.20. The van der Waals surface area contributed by atoms with Crippen LogP contribution in [0, 0.1) is 18.8 Å². The highest BCUT2D eigenvalue weighted by Gasteiger charge is 2.25. The molecule has 0 amide bonds. The molecule has 0 spiro atoms. The number of aromatic nitrogens is 2. The standard InChI is InChI=1S/C13H21N3S/c1-8-4-5-11(6-9(8)2)17-13-15-10(3)7-12(14)16-13/h7-9,11H,4-6H2,1-3H3,(H2,14,15,16). The minimum absolute atomic E-state index is 0.581. The molecule has 1 aromatic heterocycles. The number of hydrogen-bond donors (Lipinski definition) is 1. The molecule has 0 aliphatic heterocycles. The Labute approximate surface area is 108 Å². The van der Waals surface area contributed by atoms with Crippen molar-refractivity contribution in [3.63, 3.8) is 0 Å². The molecule has 0 saturated heterocycles. The molecule has 17 heavy (non-hydrogen) atoms. The molecule has 0 bridgehead atoms. The van der Waals surface area contributed by atoms with E-state index in [1.807, 2.05) is 13.0 Å². The van der Waals surface area contributed by atoms with Gasteiger partial charge in [0.25, 0.3) is 0 Å². The topological polar surface area (TPSA) is 51.8 Å². The summed E-state index contributed by atoms with van der Waals surface area (Å²) in [5, 5.41) is 1.50. The van der Waals surface area contributed by atoms with Crippen LogP contribution in [-0.2, 0) is 0 Å². The molecule has 94 valence electrons. The Morgan fingerprint density at radius 1 is 1.24 bits per heavy atom. The Bertz CT molecular complexity index is 374. The van der Waals surface area contributed by atoms with Gasteiger partial charge in [-0.25, -0.2) is 9.97 Å². The predicted molar refractivity (Wildman–Crippen MR) is 73.0 cm³/mol. The first-order chi connectivity index (χ1) is 8.04. The fourth-order valence-electron chi connectivity index (χ4n) is 2.37. The van der Waals surface area contributed by atoms with Crippen LogP contribution in [0.15, 0.2) is 11.2 Å². The van der Waals surface area contributed by atoms with Gasteiger partial charge in [0.15, 0.2) is 5.16 Å². The molecule has 1 saturated carbocycles. The summed E-state index contributed by atoms with van der Waals surface area (Å²) in [5.74, 6) is 2.25. The molecule has 1 aliphatic rings. The summed E-state index contributed by atoms with van der Waals surface area (Å²) in [5.41, 5.74) is 6.71. The molecule has 0 aromatic carbocycles. The first kappa shape index (κ1) is 12.7. The van der Waals surface area contributed by atoms with Crippen LogP contribution in [-0.4, -0.2) is 15.2 Å². The van der Waals surface area contributed by atoms with Crippen LogP contribution >= 0.6 is 11.8 Å². The van der Waals surface area contributed by atoms with Crippen molar-refractivity contribution in [1.29, 1.82) is 0 Å². The van der Waals surface area contributed by atoms with Gasteiger partial charge in [-0.2, -0.15) is 0 Å². The maximum Gasteiger partial charge on any atom is 0.189 e. The van der Waals surface area contributed by atoms with Crippen molar-refractivity contribution < 1.29 is 0 Å². The van der Waals surface area contributed by atoms with Gasteiger partial charge in [-0.15, -0.1) is 0 Å². The van der Waals surface area contributed by atoms with E-state index in [4.69, 9.17) is 5.73 Å². The normalized spacial score (nSPS) is 29.2.